The van der Waals surface area contributed by atoms with E-state index in [0.717, 1.165) is 12.3 Å². The second-order valence-corrected chi connectivity index (χ2v) is 7.51. The summed E-state index contributed by atoms with van der Waals surface area (Å²) in [4.78, 5) is 0. The first kappa shape index (κ1) is 19.4. The molecular formula is C23H32N4. The molecule has 2 atom stereocenters. The zero-order valence-corrected chi connectivity index (χ0v) is 16.6. The second-order valence-electron chi connectivity index (χ2n) is 7.51. The van der Waals surface area contributed by atoms with Gasteiger partial charge in [0.1, 0.15) is 0 Å². The number of nitrogens with one attached hydrogen (secondary N) is 1. The molecule has 1 fully saturated rings. The maximum absolute atomic E-state index is 4.32. The smallest absolute Gasteiger partial charge is 0.0577 e. The number of hydrogen-bond donors (Lipinski definition) is 1. The molecule has 0 aliphatic heterocycles. The number of anilines is 2. The number of hydrogen-bond acceptors (Lipinski definition) is 4. The average molecular weight is 365 g/mol. The number of hydrazone groups is 1. The van der Waals surface area contributed by atoms with E-state index < -0.39 is 0 Å². The molecule has 4 heteroatoms. The monoisotopic (exact) mass is 364 g/mol. The molecule has 3 rings (SSSR count). The van der Waals surface area contributed by atoms with E-state index in [2.05, 4.69) is 76.2 Å². The predicted molar refractivity (Wildman–Crippen MR) is 115 cm³/mol. The third kappa shape index (κ3) is 5.83. The highest BCUT2D eigenvalue weighted by molar-refractivity contribution is 5.61. The van der Waals surface area contributed by atoms with Crippen LogP contribution < -0.4 is 10.4 Å². The highest BCUT2D eigenvalue weighted by Crippen LogP contribution is 2.32. The van der Waals surface area contributed by atoms with Crippen LogP contribution in [-0.4, -0.2) is 31.4 Å². The fourth-order valence-corrected chi connectivity index (χ4v) is 3.86. The number of unbranched alkanes of at least 4 members (excludes halogenated alkanes) is 1. The molecule has 2 aromatic rings. The molecule has 1 N–H and O–H groups in total. The van der Waals surface area contributed by atoms with Gasteiger partial charge in [-0.3, -0.25) is 5.01 Å². The van der Waals surface area contributed by atoms with Crippen molar-refractivity contribution in [3.05, 3.63) is 60.7 Å². The molecule has 0 unspecified atom stereocenters. The standard InChI is InChI=1S/C23H32N4/c1-26(2)24-19-10-9-12-20-13-11-18-23(20)25-27(21-14-5-3-6-15-21)22-16-7-4-8-17-22/h3-8,14-17,19-20,23,25H,9-13,18H2,1-2H3/b24-19+/t20-,23+/m0/s1. The summed E-state index contributed by atoms with van der Waals surface area (Å²) in [5, 5.41) is 8.44. The molecule has 0 saturated heterocycles. The molecule has 4 nitrogen and oxygen atoms in total. The van der Waals surface area contributed by atoms with Crippen LogP contribution in [0.3, 0.4) is 0 Å². The molecule has 0 spiro atoms. The fourth-order valence-electron chi connectivity index (χ4n) is 3.86. The van der Waals surface area contributed by atoms with Gasteiger partial charge in [0.15, 0.2) is 0 Å². The molecule has 0 amide bonds. The third-order valence-electron chi connectivity index (χ3n) is 5.20. The summed E-state index contributed by atoms with van der Waals surface area (Å²) in [7, 11) is 3.93. The van der Waals surface area contributed by atoms with Crippen LogP contribution in [-0.2, 0) is 0 Å². The first-order chi connectivity index (χ1) is 13.2. The summed E-state index contributed by atoms with van der Waals surface area (Å²) < 4.78 is 0. The molecule has 1 aliphatic carbocycles. The highest BCUT2D eigenvalue weighted by Gasteiger charge is 2.28. The van der Waals surface area contributed by atoms with Gasteiger partial charge < -0.3 is 5.01 Å². The average Bonchev–Trinajstić information content (AvgIpc) is 3.14. The van der Waals surface area contributed by atoms with Crippen LogP contribution in [0.25, 0.3) is 0 Å². The Hall–Kier alpha value is -2.33. The molecular weight excluding hydrogens is 332 g/mol. The minimum absolute atomic E-state index is 0.524. The Morgan fingerprint density at radius 3 is 2.19 bits per heavy atom. The molecule has 0 bridgehead atoms. The van der Waals surface area contributed by atoms with Crippen molar-refractivity contribution < 1.29 is 0 Å². The molecule has 27 heavy (non-hydrogen) atoms. The van der Waals surface area contributed by atoms with Crippen LogP contribution in [0.2, 0.25) is 0 Å². The van der Waals surface area contributed by atoms with E-state index in [9.17, 15) is 0 Å². The lowest BCUT2D eigenvalue weighted by molar-refractivity contribution is 0.375. The number of hydrazine groups is 1. The van der Waals surface area contributed by atoms with E-state index in [1.54, 1.807) is 0 Å². The zero-order chi connectivity index (χ0) is 18.9. The van der Waals surface area contributed by atoms with Gasteiger partial charge in [-0.1, -0.05) is 42.8 Å². The molecule has 1 saturated carbocycles. The van der Waals surface area contributed by atoms with Crippen molar-refractivity contribution in [2.75, 3.05) is 19.1 Å². The number of para-hydroxylation sites is 2. The Labute approximate surface area is 163 Å². The van der Waals surface area contributed by atoms with Crippen LogP contribution in [0, 0.1) is 5.92 Å². The Morgan fingerprint density at radius 1 is 0.963 bits per heavy atom. The number of nitrogens with zero attached hydrogens (tertiary/aromatic N) is 3. The summed E-state index contributed by atoms with van der Waals surface area (Å²) in [6, 6.07) is 21.7. The third-order valence-corrected chi connectivity index (χ3v) is 5.20. The Kier molecular flexibility index (Phi) is 7.28. The minimum Gasteiger partial charge on any atom is -0.303 e. The molecule has 144 valence electrons. The van der Waals surface area contributed by atoms with Crippen LogP contribution in [0.5, 0.6) is 0 Å². The maximum atomic E-state index is 4.32. The summed E-state index contributed by atoms with van der Waals surface area (Å²) in [6.07, 6.45) is 9.43. The largest absolute Gasteiger partial charge is 0.303 e. The number of rotatable bonds is 9. The Bertz CT molecular complexity index is 645. The molecule has 0 radical (unpaired) electrons. The van der Waals surface area contributed by atoms with Gasteiger partial charge in [-0.2, -0.15) is 5.10 Å². The van der Waals surface area contributed by atoms with Gasteiger partial charge in [0.05, 0.1) is 11.4 Å². The topological polar surface area (TPSA) is 30.9 Å². The predicted octanol–water partition coefficient (Wildman–Crippen LogP) is 5.22. The van der Waals surface area contributed by atoms with E-state index >= 15 is 0 Å². The van der Waals surface area contributed by atoms with E-state index in [1.807, 2.05) is 25.3 Å². The molecule has 1 aliphatic rings. The van der Waals surface area contributed by atoms with E-state index in [4.69, 9.17) is 0 Å². The quantitative estimate of drug-likeness (QED) is 0.376. The highest BCUT2D eigenvalue weighted by atomic mass is 15.5. The lowest BCUT2D eigenvalue weighted by Gasteiger charge is -2.32. The Balaban J connectivity index is 1.64. The summed E-state index contributed by atoms with van der Waals surface area (Å²) in [6.45, 7) is 0. The zero-order valence-electron chi connectivity index (χ0n) is 16.6. The van der Waals surface area contributed by atoms with Gasteiger partial charge in [0.2, 0.25) is 0 Å². The normalized spacial score (nSPS) is 19.5. The number of benzene rings is 2. The van der Waals surface area contributed by atoms with Gasteiger partial charge in [-0.15, -0.1) is 0 Å². The molecule has 0 aromatic heterocycles. The van der Waals surface area contributed by atoms with Crippen molar-refractivity contribution in [3.63, 3.8) is 0 Å². The van der Waals surface area contributed by atoms with Gasteiger partial charge in [-0.25, -0.2) is 5.43 Å². The fraction of sp³-hybridized carbons (Fsp3) is 0.435. The summed E-state index contributed by atoms with van der Waals surface area (Å²) >= 11 is 0. The lowest BCUT2D eigenvalue weighted by Crippen LogP contribution is -2.43. The van der Waals surface area contributed by atoms with Gasteiger partial charge in [-0.05, 0) is 62.3 Å². The van der Waals surface area contributed by atoms with Gasteiger partial charge in [0.25, 0.3) is 0 Å². The van der Waals surface area contributed by atoms with E-state index in [1.165, 1.54) is 43.5 Å². The van der Waals surface area contributed by atoms with Crippen LogP contribution in [0.4, 0.5) is 11.4 Å². The second kappa shape index (κ2) is 10.1. The van der Waals surface area contributed by atoms with Crippen molar-refractivity contribution in [2.45, 2.75) is 44.6 Å². The van der Waals surface area contributed by atoms with Crippen LogP contribution in [0.1, 0.15) is 38.5 Å². The molecule has 2 aromatic carbocycles. The minimum atomic E-state index is 0.524. The van der Waals surface area contributed by atoms with Crippen molar-refractivity contribution in [2.24, 2.45) is 11.0 Å². The van der Waals surface area contributed by atoms with Crippen molar-refractivity contribution in [3.8, 4) is 0 Å². The Morgan fingerprint density at radius 2 is 1.59 bits per heavy atom. The SMILES string of the molecule is CN(C)/N=C/CCC[C@H]1CCC[C@H]1NN(c1ccccc1)c1ccccc1. The first-order valence-electron chi connectivity index (χ1n) is 10.1. The van der Waals surface area contributed by atoms with Crippen LogP contribution >= 0.6 is 0 Å². The summed E-state index contributed by atoms with van der Waals surface area (Å²) in [5.74, 6) is 0.729. The van der Waals surface area contributed by atoms with Crippen LogP contribution in [0.15, 0.2) is 65.8 Å². The van der Waals surface area contributed by atoms with Gasteiger partial charge in [0, 0.05) is 26.4 Å². The van der Waals surface area contributed by atoms with Crippen molar-refractivity contribution in [1.82, 2.24) is 10.4 Å². The van der Waals surface area contributed by atoms with Crippen molar-refractivity contribution >= 4 is 17.6 Å². The van der Waals surface area contributed by atoms with Crippen molar-refractivity contribution in [1.29, 1.82) is 0 Å². The maximum Gasteiger partial charge on any atom is 0.0577 e. The molecule has 0 heterocycles. The van der Waals surface area contributed by atoms with E-state index in [-0.39, 0.29) is 0 Å². The first-order valence-corrected chi connectivity index (χ1v) is 10.1. The van der Waals surface area contributed by atoms with Gasteiger partial charge >= 0.3 is 0 Å². The van der Waals surface area contributed by atoms with E-state index in [0.29, 0.717) is 6.04 Å². The summed E-state index contributed by atoms with van der Waals surface area (Å²) in [5.41, 5.74) is 6.22. The lowest BCUT2D eigenvalue weighted by atomic mass is 9.97.